The zero-order valence-electron chi connectivity index (χ0n) is 15.2. The highest BCUT2D eigenvalue weighted by Crippen LogP contribution is 2.28. The number of furan rings is 1. The lowest BCUT2D eigenvalue weighted by Gasteiger charge is -2.10. The Labute approximate surface area is 176 Å². The number of thioether (sulfide) groups is 1. The summed E-state index contributed by atoms with van der Waals surface area (Å²) < 4.78 is 7.11. The maximum absolute atomic E-state index is 12.2. The van der Waals surface area contributed by atoms with E-state index in [1.54, 1.807) is 36.9 Å². The largest absolute Gasteiger partial charge is 0.467 e. The standard InChI is InChI=1S/C20H16ClN5O2S/c21-15-5-7-16(8-6-15)26-19(14-3-1-9-22-11-14)24-25-20(26)29-13-18(27)23-12-17-4-2-10-28-17/h1-11H,12-13H2,(H,23,27). The van der Waals surface area contributed by atoms with Gasteiger partial charge in [-0.15, -0.1) is 10.2 Å². The topological polar surface area (TPSA) is 85.8 Å². The van der Waals surface area contributed by atoms with Gasteiger partial charge in [0.05, 0.1) is 18.6 Å². The molecule has 146 valence electrons. The molecule has 9 heteroatoms. The minimum absolute atomic E-state index is 0.125. The first kappa shape index (κ1) is 19.2. The van der Waals surface area contributed by atoms with Crippen LogP contribution in [0, 0.1) is 0 Å². The average molecular weight is 426 g/mol. The third-order valence-electron chi connectivity index (χ3n) is 4.01. The summed E-state index contributed by atoms with van der Waals surface area (Å²) in [7, 11) is 0. The zero-order valence-corrected chi connectivity index (χ0v) is 16.7. The molecule has 0 spiro atoms. The molecule has 29 heavy (non-hydrogen) atoms. The zero-order chi connectivity index (χ0) is 20.1. The number of aromatic nitrogens is 4. The van der Waals surface area contributed by atoms with Crippen molar-refractivity contribution in [1.29, 1.82) is 0 Å². The van der Waals surface area contributed by atoms with Crippen LogP contribution in [0.3, 0.4) is 0 Å². The fourth-order valence-corrected chi connectivity index (χ4v) is 3.56. The van der Waals surface area contributed by atoms with Gasteiger partial charge in [-0.25, -0.2) is 0 Å². The van der Waals surface area contributed by atoms with Gasteiger partial charge >= 0.3 is 0 Å². The van der Waals surface area contributed by atoms with E-state index in [9.17, 15) is 4.79 Å². The van der Waals surface area contributed by atoms with E-state index in [1.807, 2.05) is 34.9 Å². The third-order valence-corrected chi connectivity index (χ3v) is 5.19. The predicted octanol–water partition coefficient (Wildman–Crippen LogP) is 3.98. The first-order valence-electron chi connectivity index (χ1n) is 8.74. The van der Waals surface area contributed by atoms with Crippen molar-refractivity contribution in [1.82, 2.24) is 25.1 Å². The fourth-order valence-electron chi connectivity index (χ4n) is 2.65. The number of hydrogen-bond acceptors (Lipinski definition) is 6. The van der Waals surface area contributed by atoms with E-state index in [0.717, 1.165) is 11.3 Å². The van der Waals surface area contributed by atoms with Crippen LogP contribution in [0.1, 0.15) is 5.76 Å². The second-order valence-corrected chi connectivity index (χ2v) is 7.38. The van der Waals surface area contributed by atoms with Crippen LogP contribution in [-0.4, -0.2) is 31.4 Å². The summed E-state index contributed by atoms with van der Waals surface area (Å²) in [6.07, 6.45) is 5.00. The quantitative estimate of drug-likeness (QED) is 0.451. The maximum atomic E-state index is 12.2. The predicted molar refractivity (Wildman–Crippen MR) is 111 cm³/mol. The number of hydrogen-bond donors (Lipinski definition) is 1. The van der Waals surface area contributed by atoms with Gasteiger partial charge in [-0.1, -0.05) is 23.4 Å². The Morgan fingerprint density at radius 3 is 2.72 bits per heavy atom. The Kier molecular flexibility index (Phi) is 5.92. The van der Waals surface area contributed by atoms with Crippen molar-refractivity contribution in [3.63, 3.8) is 0 Å². The number of nitrogens with one attached hydrogen (secondary N) is 1. The Bertz CT molecular complexity index is 1080. The van der Waals surface area contributed by atoms with Crippen molar-refractivity contribution in [2.24, 2.45) is 0 Å². The van der Waals surface area contributed by atoms with Gasteiger partial charge < -0.3 is 9.73 Å². The SMILES string of the molecule is O=C(CSc1nnc(-c2cccnc2)n1-c1ccc(Cl)cc1)NCc1ccco1. The second-order valence-electron chi connectivity index (χ2n) is 6.00. The van der Waals surface area contributed by atoms with Gasteiger partial charge in [-0.05, 0) is 48.5 Å². The molecule has 0 atom stereocenters. The molecule has 0 unspecified atom stereocenters. The van der Waals surface area contributed by atoms with Crippen molar-refractivity contribution in [3.05, 3.63) is 78.0 Å². The van der Waals surface area contributed by atoms with E-state index in [4.69, 9.17) is 16.0 Å². The highest BCUT2D eigenvalue weighted by Gasteiger charge is 2.17. The molecule has 7 nitrogen and oxygen atoms in total. The van der Waals surface area contributed by atoms with Crippen LogP contribution in [0.4, 0.5) is 0 Å². The summed E-state index contributed by atoms with van der Waals surface area (Å²) in [6.45, 7) is 0.344. The second kappa shape index (κ2) is 8.93. The van der Waals surface area contributed by atoms with Gasteiger partial charge in [0, 0.05) is 28.7 Å². The van der Waals surface area contributed by atoms with Crippen molar-refractivity contribution in [3.8, 4) is 17.1 Å². The first-order chi connectivity index (χ1) is 14.2. The summed E-state index contributed by atoms with van der Waals surface area (Å²) in [6, 6.07) is 14.7. The molecule has 4 aromatic rings. The van der Waals surface area contributed by atoms with Crippen LogP contribution in [-0.2, 0) is 11.3 Å². The molecular formula is C20H16ClN5O2S. The lowest BCUT2D eigenvalue weighted by molar-refractivity contribution is -0.118. The highest BCUT2D eigenvalue weighted by atomic mass is 35.5. The van der Waals surface area contributed by atoms with E-state index in [0.29, 0.717) is 28.3 Å². The number of carbonyl (C=O) groups is 1. The number of rotatable bonds is 7. The van der Waals surface area contributed by atoms with E-state index in [2.05, 4.69) is 20.5 Å². The Hall–Kier alpha value is -3.10. The minimum Gasteiger partial charge on any atom is -0.467 e. The molecule has 0 fully saturated rings. The van der Waals surface area contributed by atoms with E-state index in [-0.39, 0.29) is 11.7 Å². The van der Waals surface area contributed by atoms with Crippen LogP contribution in [0.15, 0.2) is 76.8 Å². The molecule has 4 rings (SSSR count). The average Bonchev–Trinajstić information content (AvgIpc) is 3.42. The van der Waals surface area contributed by atoms with Crippen molar-refractivity contribution >= 4 is 29.3 Å². The van der Waals surface area contributed by atoms with Crippen molar-refractivity contribution < 1.29 is 9.21 Å². The highest BCUT2D eigenvalue weighted by molar-refractivity contribution is 7.99. The number of benzene rings is 1. The van der Waals surface area contributed by atoms with Crippen LogP contribution < -0.4 is 5.32 Å². The van der Waals surface area contributed by atoms with Crippen LogP contribution in [0.5, 0.6) is 0 Å². The molecule has 0 aliphatic carbocycles. The van der Waals surface area contributed by atoms with Gasteiger partial charge in [0.15, 0.2) is 11.0 Å². The smallest absolute Gasteiger partial charge is 0.230 e. The van der Waals surface area contributed by atoms with Gasteiger partial charge in [-0.2, -0.15) is 0 Å². The van der Waals surface area contributed by atoms with Crippen LogP contribution in [0.25, 0.3) is 17.1 Å². The summed E-state index contributed by atoms with van der Waals surface area (Å²) in [5, 5.41) is 12.7. The van der Waals surface area contributed by atoms with Crippen LogP contribution >= 0.6 is 23.4 Å². The Morgan fingerprint density at radius 1 is 1.14 bits per heavy atom. The van der Waals surface area contributed by atoms with Gasteiger partial charge in [0.1, 0.15) is 5.76 Å². The monoisotopic (exact) mass is 425 g/mol. The summed E-state index contributed by atoms with van der Waals surface area (Å²) >= 11 is 7.33. The molecule has 3 aromatic heterocycles. The van der Waals surface area contributed by atoms with E-state index >= 15 is 0 Å². The lowest BCUT2D eigenvalue weighted by atomic mass is 10.2. The normalized spacial score (nSPS) is 10.8. The van der Waals surface area contributed by atoms with Crippen LogP contribution in [0.2, 0.25) is 5.02 Å². The number of halogens is 1. The molecule has 3 heterocycles. The van der Waals surface area contributed by atoms with E-state index in [1.165, 1.54) is 11.8 Å². The molecule has 0 bridgehead atoms. The van der Waals surface area contributed by atoms with Gasteiger partial charge in [0.2, 0.25) is 5.91 Å². The maximum Gasteiger partial charge on any atom is 0.230 e. The summed E-state index contributed by atoms with van der Waals surface area (Å²) in [5.74, 6) is 1.41. The van der Waals surface area contributed by atoms with Crippen molar-refractivity contribution in [2.75, 3.05) is 5.75 Å². The Morgan fingerprint density at radius 2 is 2.00 bits per heavy atom. The number of pyridine rings is 1. The molecular weight excluding hydrogens is 410 g/mol. The summed E-state index contributed by atoms with van der Waals surface area (Å²) in [4.78, 5) is 16.4. The first-order valence-corrected chi connectivity index (χ1v) is 10.1. The molecule has 1 aromatic carbocycles. The molecule has 0 saturated carbocycles. The Balaban J connectivity index is 1.55. The molecule has 0 radical (unpaired) electrons. The molecule has 1 N–H and O–H groups in total. The van der Waals surface area contributed by atoms with Gasteiger partial charge in [-0.3, -0.25) is 14.3 Å². The molecule has 0 saturated heterocycles. The van der Waals surface area contributed by atoms with E-state index < -0.39 is 0 Å². The minimum atomic E-state index is -0.125. The van der Waals surface area contributed by atoms with Gasteiger partial charge in [0.25, 0.3) is 0 Å². The summed E-state index contributed by atoms with van der Waals surface area (Å²) in [5.41, 5.74) is 1.67. The lowest BCUT2D eigenvalue weighted by Crippen LogP contribution is -2.24. The number of amides is 1. The third kappa shape index (κ3) is 4.67. The number of carbonyl (C=O) groups excluding carboxylic acids is 1. The number of nitrogens with zero attached hydrogens (tertiary/aromatic N) is 4. The molecule has 0 aliphatic rings. The fraction of sp³-hybridized carbons (Fsp3) is 0.100. The van der Waals surface area contributed by atoms with Crippen molar-refractivity contribution in [2.45, 2.75) is 11.7 Å². The molecule has 1 amide bonds. The molecule has 0 aliphatic heterocycles.